The summed E-state index contributed by atoms with van der Waals surface area (Å²) in [7, 11) is 0. The second-order valence-electron chi connectivity index (χ2n) is 8.97. The van der Waals surface area contributed by atoms with Crippen molar-refractivity contribution < 1.29 is 4.42 Å². The molecule has 0 amide bonds. The topological polar surface area (TPSA) is 13.1 Å². The molecule has 0 saturated carbocycles. The summed E-state index contributed by atoms with van der Waals surface area (Å²) in [6.45, 7) is 4.72. The first-order valence-corrected chi connectivity index (χ1v) is 10.3. The molecule has 0 fully saturated rings. The third-order valence-electron chi connectivity index (χ3n) is 7.09. The van der Waals surface area contributed by atoms with Gasteiger partial charge in [-0.15, -0.1) is 0 Å². The van der Waals surface area contributed by atoms with E-state index in [1.54, 1.807) is 0 Å². The van der Waals surface area contributed by atoms with Crippen molar-refractivity contribution >= 4 is 21.9 Å². The van der Waals surface area contributed by atoms with Gasteiger partial charge in [0.15, 0.2) is 0 Å². The highest BCUT2D eigenvalue weighted by molar-refractivity contribution is 6.15. The molecule has 1 heteroatoms. The zero-order valence-electron chi connectivity index (χ0n) is 16.5. The molecule has 0 unspecified atom stereocenters. The molecule has 1 aromatic heterocycles. The summed E-state index contributed by atoms with van der Waals surface area (Å²) in [5.41, 5.74) is 13.2. The normalized spacial score (nSPS) is 15.4. The van der Waals surface area contributed by atoms with Crippen molar-refractivity contribution in [2.45, 2.75) is 25.7 Å². The molecule has 29 heavy (non-hydrogen) atoms. The minimum absolute atomic E-state index is 0.0129. The van der Waals surface area contributed by atoms with E-state index in [-0.39, 0.29) is 5.41 Å². The third-order valence-corrected chi connectivity index (χ3v) is 7.09. The number of benzene rings is 4. The lowest BCUT2D eigenvalue weighted by Gasteiger charge is -2.22. The van der Waals surface area contributed by atoms with Crippen molar-refractivity contribution in [1.29, 1.82) is 0 Å². The zero-order chi connectivity index (χ0) is 19.3. The van der Waals surface area contributed by atoms with E-state index in [4.69, 9.17) is 4.42 Å². The van der Waals surface area contributed by atoms with Crippen LogP contribution in [0.15, 0.2) is 77.2 Å². The van der Waals surface area contributed by atoms with Crippen LogP contribution in [0.1, 0.15) is 36.1 Å². The van der Waals surface area contributed by atoms with Gasteiger partial charge in [0.2, 0.25) is 0 Å². The Labute approximate surface area is 169 Å². The number of rotatable bonds is 0. The fourth-order valence-electron chi connectivity index (χ4n) is 5.67. The number of furan rings is 1. The molecule has 4 aromatic carbocycles. The van der Waals surface area contributed by atoms with Crippen LogP contribution in [0.2, 0.25) is 0 Å². The Hall–Kier alpha value is -3.32. The average molecular weight is 372 g/mol. The lowest BCUT2D eigenvalue weighted by atomic mass is 9.81. The Bertz CT molecular complexity index is 1500. The minimum Gasteiger partial charge on any atom is -0.456 e. The Morgan fingerprint density at radius 3 is 2.45 bits per heavy atom. The molecule has 0 radical (unpaired) electrons. The van der Waals surface area contributed by atoms with E-state index < -0.39 is 0 Å². The predicted octanol–water partition coefficient (Wildman–Crippen LogP) is 7.46. The van der Waals surface area contributed by atoms with Gasteiger partial charge in [-0.1, -0.05) is 68.4 Å². The highest BCUT2D eigenvalue weighted by atomic mass is 16.3. The Balaban J connectivity index is 1.63. The number of fused-ring (bicyclic) bond motifs is 10. The summed E-state index contributed by atoms with van der Waals surface area (Å²) in [5, 5.41) is 2.47. The number of hydrogen-bond acceptors (Lipinski definition) is 1. The maximum Gasteiger partial charge on any atom is 0.136 e. The van der Waals surface area contributed by atoms with Crippen molar-refractivity contribution in [3.8, 4) is 22.3 Å². The molecule has 0 saturated heterocycles. The first-order valence-electron chi connectivity index (χ1n) is 10.3. The van der Waals surface area contributed by atoms with Crippen molar-refractivity contribution in [3.05, 3.63) is 95.1 Å². The summed E-state index contributed by atoms with van der Waals surface area (Å²) >= 11 is 0. The van der Waals surface area contributed by atoms with E-state index in [9.17, 15) is 0 Å². The summed E-state index contributed by atoms with van der Waals surface area (Å²) in [5.74, 6) is 0. The van der Waals surface area contributed by atoms with Crippen LogP contribution in [0.3, 0.4) is 0 Å². The standard InChI is InChI=1S/C28H20O/c1-28(2)22-11-12-25-27(19-9-5-6-10-24(19)29-25)26(22)21-15-20-17(14-23(21)28)13-16-7-3-4-8-18(16)20/h3-12,14-15H,13H2,1-2H3. The molecule has 2 aliphatic rings. The lowest BCUT2D eigenvalue weighted by Crippen LogP contribution is -2.15. The van der Waals surface area contributed by atoms with Crippen LogP contribution in [-0.2, 0) is 11.8 Å². The Morgan fingerprint density at radius 1 is 0.690 bits per heavy atom. The van der Waals surface area contributed by atoms with Gasteiger partial charge in [0.05, 0.1) is 0 Å². The van der Waals surface area contributed by atoms with E-state index >= 15 is 0 Å². The molecule has 5 aromatic rings. The third kappa shape index (κ3) is 1.81. The Morgan fingerprint density at radius 2 is 1.52 bits per heavy atom. The average Bonchev–Trinajstić information content (AvgIpc) is 3.35. The van der Waals surface area contributed by atoms with Crippen LogP contribution in [0.5, 0.6) is 0 Å². The second kappa shape index (κ2) is 4.99. The van der Waals surface area contributed by atoms with E-state index in [0.29, 0.717) is 0 Å². The van der Waals surface area contributed by atoms with Crippen LogP contribution in [0, 0.1) is 0 Å². The van der Waals surface area contributed by atoms with Gasteiger partial charge in [-0.3, -0.25) is 0 Å². The van der Waals surface area contributed by atoms with Gasteiger partial charge in [-0.2, -0.15) is 0 Å². The summed E-state index contributed by atoms with van der Waals surface area (Å²) in [6, 6.07) is 26.6. The van der Waals surface area contributed by atoms with E-state index in [2.05, 4.69) is 80.6 Å². The maximum atomic E-state index is 6.21. The minimum atomic E-state index is -0.0129. The largest absolute Gasteiger partial charge is 0.456 e. The molecule has 138 valence electrons. The molecule has 7 rings (SSSR count). The molecule has 2 aliphatic carbocycles. The van der Waals surface area contributed by atoms with Crippen LogP contribution in [-0.4, -0.2) is 0 Å². The zero-order valence-corrected chi connectivity index (χ0v) is 16.5. The van der Waals surface area contributed by atoms with Crippen molar-refractivity contribution in [1.82, 2.24) is 0 Å². The molecule has 1 nitrogen and oxygen atoms in total. The summed E-state index contributed by atoms with van der Waals surface area (Å²) < 4.78 is 6.21. The molecule has 0 aliphatic heterocycles. The highest BCUT2D eigenvalue weighted by Gasteiger charge is 2.39. The fraction of sp³-hybridized carbons (Fsp3) is 0.143. The molecule has 0 N–H and O–H groups in total. The molecular weight excluding hydrogens is 352 g/mol. The van der Waals surface area contributed by atoms with Gasteiger partial charge in [-0.05, 0) is 69.1 Å². The smallest absolute Gasteiger partial charge is 0.136 e. The van der Waals surface area contributed by atoms with Gasteiger partial charge >= 0.3 is 0 Å². The van der Waals surface area contributed by atoms with Gasteiger partial charge in [0, 0.05) is 16.2 Å². The van der Waals surface area contributed by atoms with Gasteiger partial charge < -0.3 is 4.42 Å². The van der Waals surface area contributed by atoms with E-state index in [0.717, 1.165) is 17.6 Å². The van der Waals surface area contributed by atoms with E-state index in [1.807, 2.05) is 6.07 Å². The van der Waals surface area contributed by atoms with Crippen molar-refractivity contribution in [2.75, 3.05) is 0 Å². The highest BCUT2D eigenvalue weighted by Crippen LogP contribution is 2.55. The van der Waals surface area contributed by atoms with Crippen LogP contribution < -0.4 is 0 Å². The molecule has 0 bridgehead atoms. The van der Waals surface area contributed by atoms with Crippen LogP contribution in [0.4, 0.5) is 0 Å². The van der Waals surface area contributed by atoms with Crippen molar-refractivity contribution in [2.24, 2.45) is 0 Å². The monoisotopic (exact) mass is 372 g/mol. The Kier molecular flexibility index (Phi) is 2.68. The summed E-state index contributed by atoms with van der Waals surface area (Å²) in [4.78, 5) is 0. The molecule has 0 atom stereocenters. The van der Waals surface area contributed by atoms with Gasteiger partial charge in [0.25, 0.3) is 0 Å². The maximum absolute atomic E-state index is 6.21. The summed E-state index contributed by atoms with van der Waals surface area (Å²) in [6.07, 6.45) is 1.04. The SMILES string of the molecule is CC1(C)c2cc3c(cc2-c2c1ccc1oc4ccccc4c21)-c1ccccc1C3. The first kappa shape index (κ1) is 15.6. The number of para-hydroxylation sites is 1. The molecule has 0 spiro atoms. The van der Waals surface area contributed by atoms with Gasteiger partial charge in [-0.25, -0.2) is 0 Å². The lowest BCUT2D eigenvalue weighted by molar-refractivity contribution is 0.656. The quantitative estimate of drug-likeness (QED) is 0.270. The number of hydrogen-bond donors (Lipinski definition) is 0. The molecular formula is C28H20O. The van der Waals surface area contributed by atoms with Crippen molar-refractivity contribution in [3.63, 3.8) is 0 Å². The molecule has 1 heterocycles. The first-order chi connectivity index (χ1) is 14.1. The predicted molar refractivity (Wildman–Crippen MR) is 120 cm³/mol. The van der Waals surface area contributed by atoms with Crippen LogP contribution >= 0.6 is 0 Å². The fourth-order valence-corrected chi connectivity index (χ4v) is 5.67. The van der Waals surface area contributed by atoms with Crippen LogP contribution in [0.25, 0.3) is 44.2 Å². The van der Waals surface area contributed by atoms with E-state index in [1.165, 1.54) is 55.3 Å². The van der Waals surface area contributed by atoms with Gasteiger partial charge in [0.1, 0.15) is 11.2 Å². The second-order valence-corrected chi connectivity index (χ2v) is 8.97.